The third kappa shape index (κ3) is 6.47. The molecular formula is C29H34F2N6O6. The molecule has 5 rings (SSSR count). The summed E-state index contributed by atoms with van der Waals surface area (Å²) in [6.45, 7) is 11.2. The quantitative estimate of drug-likeness (QED) is 0.395. The summed E-state index contributed by atoms with van der Waals surface area (Å²) in [5.41, 5.74) is -0.711. The number of halogens is 2. The zero-order valence-corrected chi connectivity index (χ0v) is 25.1. The van der Waals surface area contributed by atoms with Gasteiger partial charge in [0.15, 0.2) is 23.1 Å². The average molecular weight is 601 g/mol. The van der Waals surface area contributed by atoms with E-state index < -0.39 is 35.0 Å². The Morgan fingerprint density at radius 2 is 1.65 bits per heavy atom. The lowest BCUT2D eigenvalue weighted by atomic mass is 10.1. The highest BCUT2D eigenvalue weighted by Crippen LogP contribution is 2.42. The number of amides is 1. The van der Waals surface area contributed by atoms with E-state index in [1.807, 2.05) is 4.90 Å². The van der Waals surface area contributed by atoms with Gasteiger partial charge in [-0.3, -0.25) is 4.90 Å². The average Bonchev–Trinajstić information content (AvgIpc) is 3.52. The topological polar surface area (TPSA) is 121 Å². The van der Waals surface area contributed by atoms with Crippen molar-refractivity contribution in [3.63, 3.8) is 0 Å². The highest BCUT2D eigenvalue weighted by molar-refractivity contribution is 5.93. The van der Waals surface area contributed by atoms with Crippen molar-refractivity contribution in [2.24, 2.45) is 0 Å². The van der Waals surface area contributed by atoms with Crippen LogP contribution in [0.5, 0.6) is 11.5 Å². The van der Waals surface area contributed by atoms with E-state index in [1.54, 1.807) is 47.6 Å². The Hall–Kier alpha value is -4.49. The molecule has 1 amide bonds. The molecular weight excluding hydrogens is 566 g/mol. The summed E-state index contributed by atoms with van der Waals surface area (Å²) in [6, 6.07) is 3.24. The lowest BCUT2D eigenvalue weighted by molar-refractivity contribution is 0.0512. The number of rotatable bonds is 4. The number of hydrogen-bond donors (Lipinski definition) is 0. The predicted molar refractivity (Wildman–Crippen MR) is 152 cm³/mol. The van der Waals surface area contributed by atoms with E-state index in [0.29, 0.717) is 24.4 Å². The molecule has 1 fully saturated rings. The van der Waals surface area contributed by atoms with Crippen LogP contribution in [0.4, 0.5) is 29.9 Å². The first-order valence-corrected chi connectivity index (χ1v) is 13.7. The molecule has 2 aliphatic heterocycles. The molecule has 0 bridgehead atoms. The molecule has 1 aromatic carbocycles. The highest BCUT2D eigenvalue weighted by atomic mass is 19.1. The van der Waals surface area contributed by atoms with Crippen LogP contribution < -0.4 is 19.3 Å². The number of carbonyl (C=O) groups is 2. The maximum atomic E-state index is 14.5. The fraction of sp³-hybridized carbons (Fsp3) is 0.483. The fourth-order valence-electron chi connectivity index (χ4n) is 5.04. The normalized spacial score (nSPS) is 18.2. The second kappa shape index (κ2) is 11.0. The minimum Gasteiger partial charge on any atom is -0.493 e. The maximum absolute atomic E-state index is 14.5. The first-order chi connectivity index (χ1) is 20.1. The number of benzene rings is 1. The van der Waals surface area contributed by atoms with Gasteiger partial charge in [-0.2, -0.15) is 9.78 Å². The second-order valence-corrected chi connectivity index (χ2v) is 12.4. The first-order valence-electron chi connectivity index (χ1n) is 13.7. The van der Waals surface area contributed by atoms with E-state index >= 15 is 0 Å². The summed E-state index contributed by atoms with van der Waals surface area (Å²) in [7, 11) is 1.28. The van der Waals surface area contributed by atoms with Gasteiger partial charge in [0.1, 0.15) is 23.1 Å². The van der Waals surface area contributed by atoms with Gasteiger partial charge in [-0.15, -0.1) is 10.2 Å². The lowest BCUT2D eigenvalue weighted by Crippen LogP contribution is -2.50. The monoisotopic (exact) mass is 600 g/mol. The number of ether oxygens (including phenoxy) is 4. The molecule has 0 radical (unpaired) electrons. The van der Waals surface area contributed by atoms with Gasteiger partial charge in [0.05, 0.1) is 55.6 Å². The molecule has 2 atom stereocenters. The maximum Gasteiger partial charge on any atom is 0.435 e. The number of aromatic nitrogens is 4. The van der Waals surface area contributed by atoms with Crippen molar-refractivity contribution in [2.75, 3.05) is 30.0 Å². The molecule has 43 heavy (non-hydrogen) atoms. The van der Waals surface area contributed by atoms with Crippen LogP contribution in [-0.4, -0.2) is 75.7 Å². The number of carbonyl (C=O) groups excluding carboxylic acids is 2. The van der Waals surface area contributed by atoms with Gasteiger partial charge in [-0.25, -0.2) is 18.4 Å². The molecule has 0 aliphatic carbocycles. The third-order valence-electron chi connectivity index (χ3n) is 6.63. The van der Waals surface area contributed by atoms with Crippen LogP contribution >= 0.6 is 0 Å². The summed E-state index contributed by atoms with van der Waals surface area (Å²) >= 11 is 0. The van der Waals surface area contributed by atoms with Crippen molar-refractivity contribution in [1.82, 2.24) is 20.0 Å². The fourth-order valence-corrected chi connectivity index (χ4v) is 5.04. The van der Waals surface area contributed by atoms with Crippen LogP contribution in [0.25, 0.3) is 11.3 Å². The Labute approximate surface area is 247 Å². The molecule has 3 aromatic rings. The predicted octanol–water partition coefficient (Wildman–Crippen LogP) is 5.19. The van der Waals surface area contributed by atoms with Gasteiger partial charge in [-0.1, -0.05) is 0 Å². The molecule has 230 valence electrons. The Balaban J connectivity index is 1.46. The van der Waals surface area contributed by atoms with Crippen molar-refractivity contribution in [3.8, 4) is 22.8 Å². The van der Waals surface area contributed by atoms with Gasteiger partial charge < -0.3 is 23.8 Å². The van der Waals surface area contributed by atoms with Crippen molar-refractivity contribution >= 4 is 23.7 Å². The van der Waals surface area contributed by atoms with Crippen molar-refractivity contribution < 1.29 is 37.3 Å². The lowest BCUT2D eigenvalue weighted by Gasteiger charge is -2.39. The molecule has 2 aromatic heterocycles. The smallest absolute Gasteiger partial charge is 0.435 e. The Morgan fingerprint density at radius 1 is 0.953 bits per heavy atom. The van der Waals surface area contributed by atoms with Gasteiger partial charge in [0.25, 0.3) is 0 Å². The number of methoxy groups -OCH3 is 1. The van der Waals surface area contributed by atoms with Crippen LogP contribution in [0.15, 0.2) is 30.6 Å². The molecule has 14 heteroatoms. The van der Waals surface area contributed by atoms with Crippen molar-refractivity contribution in [1.29, 1.82) is 0 Å². The summed E-state index contributed by atoms with van der Waals surface area (Å²) < 4.78 is 52.2. The summed E-state index contributed by atoms with van der Waals surface area (Å²) in [5, 5.41) is 12.6. The van der Waals surface area contributed by atoms with Crippen LogP contribution in [-0.2, 0) is 9.47 Å². The molecule has 0 unspecified atom stereocenters. The first kappa shape index (κ1) is 30.0. The van der Waals surface area contributed by atoms with Crippen molar-refractivity contribution in [2.45, 2.75) is 71.3 Å². The van der Waals surface area contributed by atoms with E-state index in [2.05, 4.69) is 15.3 Å². The van der Waals surface area contributed by atoms with Crippen LogP contribution in [0.1, 0.15) is 48.0 Å². The van der Waals surface area contributed by atoms with E-state index in [-0.39, 0.29) is 41.5 Å². The Bertz CT molecular complexity index is 1550. The summed E-state index contributed by atoms with van der Waals surface area (Å²) in [4.78, 5) is 29.1. The van der Waals surface area contributed by atoms with Gasteiger partial charge in [0, 0.05) is 12.5 Å². The second-order valence-electron chi connectivity index (χ2n) is 12.4. The molecule has 0 saturated carbocycles. The largest absolute Gasteiger partial charge is 0.493 e. The van der Waals surface area contributed by atoms with Gasteiger partial charge >= 0.3 is 12.2 Å². The van der Waals surface area contributed by atoms with Crippen LogP contribution in [0.3, 0.4) is 0 Å². The van der Waals surface area contributed by atoms with E-state index in [1.165, 1.54) is 24.4 Å². The standard InChI is InChI=1S/C29H34F2N6O6/c1-28(2,3)42-26(38)36-13-17-10-18(41-19-12-32-37(15-19)27(39)43-29(4,5)6)14-35(17)23-11-22(33-34-25(23)36)20-8-16(30)9-21(31)24(20)40-7/h8-9,11-12,15,17-18H,10,13-14H2,1-7H3/t17-,18-/m1/s1. The van der Waals surface area contributed by atoms with Gasteiger partial charge in [0.2, 0.25) is 0 Å². The zero-order valence-electron chi connectivity index (χ0n) is 25.1. The summed E-state index contributed by atoms with van der Waals surface area (Å²) in [6.07, 6.45) is 1.78. The van der Waals surface area contributed by atoms with E-state index in [9.17, 15) is 18.4 Å². The summed E-state index contributed by atoms with van der Waals surface area (Å²) in [5.74, 6) is -1.26. The molecule has 0 spiro atoms. The van der Waals surface area contributed by atoms with E-state index in [0.717, 1.165) is 16.8 Å². The Morgan fingerprint density at radius 3 is 2.33 bits per heavy atom. The minimum absolute atomic E-state index is 0.0720. The third-order valence-corrected chi connectivity index (χ3v) is 6.63. The van der Waals surface area contributed by atoms with Crippen molar-refractivity contribution in [3.05, 3.63) is 42.2 Å². The number of nitrogens with zero attached hydrogens (tertiary/aromatic N) is 6. The van der Waals surface area contributed by atoms with Crippen LogP contribution in [0, 0.1) is 11.6 Å². The SMILES string of the molecule is COc1c(F)cc(F)cc1-c1cc2c(nn1)N(C(=O)OC(C)(C)C)C[C@H]1C[C@@H](Oc3cnn(C(=O)OC(C)(C)C)c3)CN21. The van der Waals surface area contributed by atoms with Gasteiger partial charge in [-0.05, 0) is 53.7 Å². The molecule has 2 aliphatic rings. The molecule has 4 heterocycles. The minimum atomic E-state index is -0.883. The molecule has 12 nitrogen and oxygen atoms in total. The molecule has 0 N–H and O–H groups in total. The molecule has 1 saturated heterocycles. The van der Waals surface area contributed by atoms with Crippen LogP contribution in [0.2, 0.25) is 0 Å². The van der Waals surface area contributed by atoms with E-state index in [4.69, 9.17) is 18.9 Å². The number of fused-ring (bicyclic) bond motifs is 3. The Kier molecular flexibility index (Phi) is 7.65. The highest BCUT2D eigenvalue weighted by Gasteiger charge is 2.44. The number of hydrogen-bond acceptors (Lipinski definition) is 10. The number of anilines is 2. The zero-order chi connectivity index (χ0) is 31.3.